The average Bonchev–Trinajstić information content (AvgIpc) is 2.65. The zero-order chi connectivity index (χ0) is 19.2. The van der Waals surface area contributed by atoms with Crippen molar-refractivity contribution in [1.82, 2.24) is 4.90 Å². The Hall–Kier alpha value is -0.610. The number of hydrogen-bond acceptors (Lipinski definition) is 4. The van der Waals surface area contributed by atoms with Gasteiger partial charge in [-0.15, -0.1) is 0 Å². The molecule has 2 rings (SSSR count). The van der Waals surface area contributed by atoms with Crippen molar-refractivity contribution in [2.45, 2.75) is 84.7 Å². The van der Waals surface area contributed by atoms with Crippen LogP contribution in [0.5, 0.6) is 0 Å². The summed E-state index contributed by atoms with van der Waals surface area (Å²) in [6.45, 7) is 11.7. The van der Waals surface area contributed by atoms with Crippen LogP contribution in [0.3, 0.4) is 0 Å². The maximum absolute atomic E-state index is 13.2. The van der Waals surface area contributed by atoms with Gasteiger partial charge in [0.05, 0.1) is 0 Å². The van der Waals surface area contributed by atoms with Crippen LogP contribution in [0.15, 0.2) is 0 Å². The number of hydrogen-bond donors (Lipinski definition) is 1. The molecule has 2 aliphatic carbocycles. The molecular formula is C22H41NO3. The van der Waals surface area contributed by atoms with Gasteiger partial charge in [0.2, 0.25) is 0 Å². The van der Waals surface area contributed by atoms with Gasteiger partial charge < -0.3 is 14.7 Å². The maximum Gasteiger partial charge on any atom is 0.338 e. The van der Waals surface area contributed by atoms with E-state index in [1.807, 2.05) is 0 Å². The van der Waals surface area contributed by atoms with Crippen molar-refractivity contribution in [3.8, 4) is 0 Å². The Balaban J connectivity index is 2.15. The summed E-state index contributed by atoms with van der Waals surface area (Å²) < 4.78 is 5.71. The SMILES string of the molecule is CCN(CC)CCOC(=O)[C@](O)(C1CCCCC1)C1[C@@H](C)CCC[C@@H]1C. The van der Waals surface area contributed by atoms with Gasteiger partial charge in [0.15, 0.2) is 5.60 Å². The molecule has 0 unspecified atom stereocenters. The van der Waals surface area contributed by atoms with Crippen LogP contribution in [0.25, 0.3) is 0 Å². The molecule has 26 heavy (non-hydrogen) atoms. The topological polar surface area (TPSA) is 49.8 Å². The van der Waals surface area contributed by atoms with E-state index in [-0.39, 0.29) is 17.8 Å². The predicted octanol–water partition coefficient (Wildman–Crippen LogP) is 4.26. The number of carbonyl (C=O) groups excluding carboxylic acids is 1. The van der Waals surface area contributed by atoms with Crippen molar-refractivity contribution in [3.05, 3.63) is 0 Å². The molecule has 2 fully saturated rings. The Bertz CT molecular complexity index is 421. The highest BCUT2D eigenvalue weighted by atomic mass is 16.5. The Morgan fingerprint density at radius 3 is 2.12 bits per heavy atom. The summed E-state index contributed by atoms with van der Waals surface area (Å²) in [5.41, 5.74) is -1.30. The lowest BCUT2D eigenvalue weighted by Gasteiger charge is -2.48. The minimum Gasteiger partial charge on any atom is -0.462 e. The zero-order valence-corrected chi connectivity index (χ0v) is 17.5. The zero-order valence-electron chi connectivity index (χ0n) is 17.5. The molecule has 0 saturated heterocycles. The highest BCUT2D eigenvalue weighted by molar-refractivity contribution is 5.80. The summed E-state index contributed by atoms with van der Waals surface area (Å²) in [5, 5.41) is 11.9. The summed E-state index contributed by atoms with van der Waals surface area (Å²) in [4.78, 5) is 15.5. The molecular weight excluding hydrogens is 326 g/mol. The second-order valence-electron chi connectivity index (χ2n) is 8.73. The van der Waals surface area contributed by atoms with E-state index in [1.54, 1.807) is 0 Å². The third kappa shape index (κ3) is 4.81. The molecule has 0 aromatic heterocycles. The summed E-state index contributed by atoms with van der Waals surface area (Å²) in [5.74, 6) is 0.495. The fourth-order valence-electron chi connectivity index (χ4n) is 5.59. The average molecular weight is 368 g/mol. The van der Waals surface area contributed by atoms with Crippen LogP contribution in [0.4, 0.5) is 0 Å². The van der Waals surface area contributed by atoms with E-state index in [4.69, 9.17) is 4.74 Å². The van der Waals surface area contributed by atoms with Gasteiger partial charge in [0.25, 0.3) is 0 Å². The highest BCUT2D eigenvalue weighted by Crippen LogP contribution is 2.48. The fourth-order valence-corrected chi connectivity index (χ4v) is 5.59. The van der Waals surface area contributed by atoms with E-state index in [1.165, 1.54) is 12.8 Å². The van der Waals surface area contributed by atoms with Gasteiger partial charge in [-0.3, -0.25) is 0 Å². The second-order valence-corrected chi connectivity index (χ2v) is 8.73. The third-order valence-corrected chi connectivity index (χ3v) is 7.14. The molecule has 0 aromatic carbocycles. The van der Waals surface area contributed by atoms with E-state index in [0.717, 1.165) is 58.2 Å². The van der Waals surface area contributed by atoms with Gasteiger partial charge in [-0.05, 0) is 43.7 Å². The van der Waals surface area contributed by atoms with Crippen molar-refractivity contribution < 1.29 is 14.6 Å². The minimum atomic E-state index is -1.30. The molecule has 4 nitrogen and oxygen atoms in total. The molecule has 0 radical (unpaired) electrons. The van der Waals surface area contributed by atoms with Gasteiger partial charge in [-0.1, -0.05) is 66.2 Å². The number of esters is 1. The Morgan fingerprint density at radius 1 is 1.00 bits per heavy atom. The number of likely N-dealkylation sites (N-methyl/N-ethyl adjacent to an activating group) is 1. The third-order valence-electron chi connectivity index (χ3n) is 7.14. The van der Waals surface area contributed by atoms with Gasteiger partial charge in [0.1, 0.15) is 6.61 Å². The first-order valence-corrected chi connectivity index (χ1v) is 11.1. The minimum absolute atomic E-state index is 0.0281. The van der Waals surface area contributed by atoms with Crippen molar-refractivity contribution in [2.24, 2.45) is 23.7 Å². The molecule has 0 amide bonds. The van der Waals surface area contributed by atoms with Gasteiger partial charge >= 0.3 is 5.97 Å². The lowest BCUT2D eigenvalue weighted by molar-refractivity contribution is -0.193. The summed E-state index contributed by atoms with van der Waals surface area (Å²) >= 11 is 0. The molecule has 0 aliphatic heterocycles. The summed E-state index contributed by atoms with van der Waals surface area (Å²) in [6.07, 6.45) is 8.79. The molecule has 0 aromatic rings. The molecule has 2 aliphatic rings. The lowest BCUT2D eigenvalue weighted by Crippen LogP contribution is -2.58. The lowest BCUT2D eigenvalue weighted by atomic mass is 9.59. The first kappa shape index (κ1) is 21.7. The molecule has 0 heterocycles. The van der Waals surface area contributed by atoms with Crippen molar-refractivity contribution in [3.63, 3.8) is 0 Å². The smallest absolute Gasteiger partial charge is 0.338 e. The Morgan fingerprint density at radius 2 is 1.58 bits per heavy atom. The predicted molar refractivity (Wildman–Crippen MR) is 106 cm³/mol. The van der Waals surface area contributed by atoms with Crippen LogP contribution < -0.4 is 0 Å². The summed E-state index contributed by atoms with van der Waals surface area (Å²) in [6, 6.07) is 0. The van der Waals surface area contributed by atoms with Crippen LogP contribution in [-0.2, 0) is 9.53 Å². The van der Waals surface area contributed by atoms with Gasteiger partial charge in [-0.25, -0.2) is 4.79 Å². The molecule has 3 atom stereocenters. The Kier molecular flexibility index (Phi) is 8.41. The number of ether oxygens (including phenoxy) is 1. The quantitative estimate of drug-likeness (QED) is 0.652. The Labute approximate surface area is 160 Å². The van der Waals surface area contributed by atoms with Crippen molar-refractivity contribution in [1.29, 1.82) is 0 Å². The maximum atomic E-state index is 13.2. The first-order valence-electron chi connectivity index (χ1n) is 11.1. The normalized spacial score (nSPS) is 28.1. The van der Waals surface area contributed by atoms with E-state index in [9.17, 15) is 9.90 Å². The van der Waals surface area contributed by atoms with Crippen LogP contribution in [0.1, 0.15) is 79.1 Å². The van der Waals surface area contributed by atoms with E-state index in [2.05, 4.69) is 32.6 Å². The van der Waals surface area contributed by atoms with Crippen molar-refractivity contribution >= 4 is 5.97 Å². The molecule has 0 spiro atoms. The molecule has 2 saturated carbocycles. The number of aliphatic hydroxyl groups is 1. The first-order chi connectivity index (χ1) is 12.4. The molecule has 4 heteroatoms. The van der Waals surface area contributed by atoms with Gasteiger partial charge in [0, 0.05) is 12.5 Å². The van der Waals surface area contributed by atoms with E-state index >= 15 is 0 Å². The van der Waals surface area contributed by atoms with Crippen LogP contribution in [0, 0.1) is 23.7 Å². The fraction of sp³-hybridized carbons (Fsp3) is 0.955. The van der Waals surface area contributed by atoms with Crippen LogP contribution in [-0.4, -0.2) is 47.8 Å². The number of nitrogens with zero attached hydrogens (tertiary/aromatic N) is 1. The van der Waals surface area contributed by atoms with Crippen LogP contribution >= 0.6 is 0 Å². The van der Waals surface area contributed by atoms with E-state index < -0.39 is 5.60 Å². The van der Waals surface area contributed by atoms with Gasteiger partial charge in [-0.2, -0.15) is 0 Å². The molecule has 152 valence electrons. The second kappa shape index (κ2) is 10.1. The van der Waals surface area contributed by atoms with E-state index in [0.29, 0.717) is 18.4 Å². The highest BCUT2D eigenvalue weighted by Gasteiger charge is 2.55. The molecule has 1 N–H and O–H groups in total. The molecule has 0 bridgehead atoms. The standard InChI is InChI=1S/C22H41NO3/c1-5-23(6-2)15-16-26-21(24)22(25,19-13-8-7-9-14-19)20-17(3)11-10-12-18(20)4/h17-20,25H,5-16H2,1-4H3/t17-,18-,22-/m0/s1. The summed E-state index contributed by atoms with van der Waals surface area (Å²) in [7, 11) is 0. The van der Waals surface area contributed by atoms with Crippen LogP contribution in [0.2, 0.25) is 0 Å². The number of carbonyl (C=O) groups is 1. The monoisotopic (exact) mass is 367 g/mol. The largest absolute Gasteiger partial charge is 0.462 e. The number of rotatable bonds is 8. The van der Waals surface area contributed by atoms with Crippen molar-refractivity contribution in [2.75, 3.05) is 26.2 Å².